The number of carbonyl (C=O) groups is 5. The molecule has 2 atom stereocenters. The first-order valence-corrected chi connectivity index (χ1v) is 24.6. The van der Waals surface area contributed by atoms with Crippen LogP contribution in [0.2, 0.25) is 0 Å². The average Bonchev–Trinajstić information content (AvgIpc) is 3.91. The second-order valence-electron chi connectivity index (χ2n) is 16.0. The molecule has 71 heavy (non-hydrogen) atoms. The van der Waals surface area contributed by atoms with Gasteiger partial charge in [0.05, 0.1) is 57.9 Å². The number of rotatable bonds is 35. The lowest BCUT2D eigenvalue weighted by Gasteiger charge is -2.12. The lowest BCUT2D eigenvalue weighted by atomic mass is 10.1. The van der Waals surface area contributed by atoms with Crippen LogP contribution in [0.1, 0.15) is 51.4 Å². The van der Waals surface area contributed by atoms with E-state index in [4.69, 9.17) is 23.7 Å². The first-order chi connectivity index (χ1) is 34.6. The van der Waals surface area contributed by atoms with Crippen LogP contribution in [0.4, 0.5) is 42.4 Å². The van der Waals surface area contributed by atoms with Crippen molar-refractivity contribution in [3.8, 4) is 5.75 Å². The Labute approximate surface area is 416 Å². The summed E-state index contributed by atoms with van der Waals surface area (Å²) >= 11 is 1.75. The van der Waals surface area contributed by atoms with E-state index in [0.717, 1.165) is 30.9 Å². The molecule has 6 amide bonds. The maximum atomic E-state index is 14.8. The molecule has 2 fully saturated rings. The van der Waals surface area contributed by atoms with E-state index in [2.05, 4.69) is 65.2 Å². The van der Waals surface area contributed by atoms with Crippen molar-refractivity contribution < 1.29 is 56.4 Å². The number of allylic oxidation sites excluding steroid dienone is 1. The third-order valence-electron chi connectivity index (χ3n) is 10.4. The predicted octanol–water partition coefficient (Wildman–Crippen LogP) is 4.96. The van der Waals surface area contributed by atoms with Gasteiger partial charge in [-0.25, -0.2) is 18.6 Å². The van der Waals surface area contributed by atoms with Gasteiger partial charge < -0.3 is 66.2 Å². The van der Waals surface area contributed by atoms with E-state index >= 15 is 0 Å². The summed E-state index contributed by atoms with van der Waals surface area (Å²) in [4.78, 5) is 68.7. The van der Waals surface area contributed by atoms with Crippen molar-refractivity contribution in [1.82, 2.24) is 36.6 Å². The SMILES string of the molecule is C=CC(=O)Nc1cccc(Nc2nc(Nc3ccc(OCCOCCNC(=O)CCCC(=O)NCCCOCCOCCOCCCNC(=O)CCCC=C4SCC5NC(=O)NC45)c(F)c3)ncc2F)c1. The molecule has 0 bridgehead atoms. The van der Waals surface area contributed by atoms with E-state index < -0.39 is 17.5 Å². The molecule has 0 radical (unpaired) electrons. The Morgan fingerprint density at radius 1 is 0.718 bits per heavy atom. The molecular formula is C48H64F2N10O10S. The Morgan fingerprint density at radius 2 is 1.35 bits per heavy atom. The molecule has 0 spiro atoms. The van der Waals surface area contributed by atoms with Gasteiger partial charge in [-0.3, -0.25) is 19.2 Å². The van der Waals surface area contributed by atoms with Gasteiger partial charge >= 0.3 is 6.03 Å². The third-order valence-corrected chi connectivity index (χ3v) is 11.7. The first kappa shape index (κ1) is 55.5. The first-order valence-electron chi connectivity index (χ1n) is 23.6. The van der Waals surface area contributed by atoms with Crippen LogP contribution in [-0.4, -0.2) is 137 Å². The number of amides is 6. The zero-order valence-corrected chi connectivity index (χ0v) is 40.4. The van der Waals surface area contributed by atoms with E-state index in [1.165, 1.54) is 17.0 Å². The van der Waals surface area contributed by atoms with Crippen LogP contribution in [-0.2, 0) is 38.1 Å². The van der Waals surface area contributed by atoms with Crippen LogP contribution in [0.25, 0.3) is 0 Å². The molecule has 0 saturated carbocycles. The summed E-state index contributed by atoms with van der Waals surface area (Å²) in [6, 6.07) is 10.8. The fourth-order valence-corrected chi connectivity index (χ4v) is 8.14. The van der Waals surface area contributed by atoms with Crippen LogP contribution in [0.15, 0.2) is 72.3 Å². The summed E-state index contributed by atoms with van der Waals surface area (Å²) in [5.74, 6) is -1.40. The minimum Gasteiger partial charge on any atom is -0.488 e. The number of thioether (sulfide) groups is 1. The van der Waals surface area contributed by atoms with E-state index in [0.29, 0.717) is 89.8 Å². The number of halogens is 2. The minimum atomic E-state index is -0.730. The minimum absolute atomic E-state index is 0.000636. The largest absolute Gasteiger partial charge is 0.488 e. The Kier molecular flexibility index (Phi) is 24.8. The molecular weight excluding hydrogens is 947 g/mol. The van der Waals surface area contributed by atoms with Crippen molar-refractivity contribution in [2.45, 2.75) is 63.5 Å². The molecule has 5 rings (SSSR count). The van der Waals surface area contributed by atoms with Crippen LogP contribution in [0, 0.1) is 11.6 Å². The van der Waals surface area contributed by atoms with E-state index in [9.17, 15) is 32.8 Å². The molecule has 386 valence electrons. The van der Waals surface area contributed by atoms with Crippen molar-refractivity contribution in [2.75, 3.05) is 101 Å². The van der Waals surface area contributed by atoms with Gasteiger partial charge in [0.15, 0.2) is 23.2 Å². The second-order valence-corrected chi connectivity index (χ2v) is 17.1. The highest BCUT2D eigenvalue weighted by Gasteiger charge is 2.39. The standard InChI is InChI=1S/C48H64F2N10O10S/c1-2-41(61)55-33-9-5-10-34(29-33)56-46-37(50)31-54-47(60-46)57-35-15-16-39(36(49)30-35)70-28-27-68-22-19-53-44(64)14-6-13-43(63)52-18-8-21-67-24-26-69-25-23-66-20-7-17-51-42(62)12-4-3-11-40-45-38(32-71-40)58-48(65)59-45/h2,5,9-11,15-16,29-31,38,45H,1,3-4,6-8,12-14,17-28,32H2,(H,51,62)(H,52,63)(H,53,64)(H,55,61)(H2,58,59,65)(H2,54,56,57,60). The maximum Gasteiger partial charge on any atom is 0.315 e. The van der Waals surface area contributed by atoms with Gasteiger partial charge in [-0.1, -0.05) is 18.7 Å². The lowest BCUT2D eigenvalue weighted by Crippen LogP contribution is -2.30. The van der Waals surface area contributed by atoms with Crippen molar-refractivity contribution in [1.29, 1.82) is 0 Å². The second kappa shape index (κ2) is 31.7. The molecule has 3 aromatic rings. The monoisotopic (exact) mass is 1010 g/mol. The number of anilines is 5. The summed E-state index contributed by atoms with van der Waals surface area (Å²) in [5, 5.41) is 22.6. The Hall–Kier alpha value is -6.40. The van der Waals surface area contributed by atoms with Gasteiger partial charge in [0.2, 0.25) is 29.6 Å². The predicted molar refractivity (Wildman–Crippen MR) is 265 cm³/mol. The van der Waals surface area contributed by atoms with E-state index in [1.54, 1.807) is 42.1 Å². The molecule has 3 heterocycles. The van der Waals surface area contributed by atoms with Gasteiger partial charge in [-0.15, -0.1) is 11.8 Å². The smallest absolute Gasteiger partial charge is 0.315 e. The highest BCUT2D eigenvalue weighted by Crippen LogP contribution is 2.34. The zero-order valence-electron chi connectivity index (χ0n) is 39.6. The third kappa shape index (κ3) is 21.6. The highest BCUT2D eigenvalue weighted by molar-refractivity contribution is 8.03. The fourth-order valence-electron chi connectivity index (χ4n) is 6.85. The number of fused-ring (bicyclic) bond motifs is 1. The molecule has 2 saturated heterocycles. The quantitative estimate of drug-likeness (QED) is 0.0220. The van der Waals surface area contributed by atoms with Crippen LogP contribution in [0.3, 0.4) is 0 Å². The number of hydrogen-bond donors (Lipinski definition) is 8. The summed E-state index contributed by atoms with van der Waals surface area (Å²) in [6.07, 6.45) is 8.39. The summed E-state index contributed by atoms with van der Waals surface area (Å²) in [6.45, 7) is 7.81. The molecule has 2 aromatic carbocycles. The van der Waals surface area contributed by atoms with Gasteiger partial charge in [0, 0.05) is 85.9 Å². The summed E-state index contributed by atoms with van der Waals surface area (Å²) in [7, 11) is 0. The van der Waals surface area contributed by atoms with Crippen LogP contribution < -0.4 is 47.3 Å². The van der Waals surface area contributed by atoms with Gasteiger partial charge in [0.1, 0.15) is 6.61 Å². The van der Waals surface area contributed by atoms with Crippen molar-refractivity contribution in [3.05, 3.63) is 83.9 Å². The molecule has 1 aromatic heterocycles. The Balaban J connectivity index is 0.767. The van der Waals surface area contributed by atoms with Crippen LogP contribution >= 0.6 is 11.8 Å². The van der Waals surface area contributed by atoms with E-state index in [-0.39, 0.29) is 98.2 Å². The molecule has 2 aliphatic heterocycles. The number of urea groups is 1. The molecule has 23 heteroatoms. The van der Waals surface area contributed by atoms with E-state index in [1.807, 2.05) is 0 Å². The Bertz CT molecular complexity index is 2250. The topological polar surface area (TPSA) is 254 Å². The molecule has 20 nitrogen and oxygen atoms in total. The number of ether oxygens (including phenoxy) is 5. The maximum absolute atomic E-state index is 14.8. The highest BCUT2D eigenvalue weighted by atomic mass is 32.2. The van der Waals surface area contributed by atoms with Gasteiger partial charge in [-0.2, -0.15) is 4.98 Å². The number of carbonyl (C=O) groups excluding carboxylic acids is 5. The molecule has 8 N–H and O–H groups in total. The zero-order chi connectivity index (χ0) is 50.5. The van der Waals surface area contributed by atoms with Crippen molar-refractivity contribution in [3.63, 3.8) is 0 Å². The van der Waals surface area contributed by atoms with Gasteiger partial charge in [0.25, 0.3) is 0 Å². The van der Waals surface area contributed by atoms with Crippen molar-refractivity contribution >= 4 is 70.3 Å². The summed E-state index contributed by atoms with van der Waals surface area (Å²) in [5.41, 5.74) is 1.20. The Morgan fingerprint density at radius 3 is 2.06 bits per heavy atom. The number of nitrogens with one attached hydrogen (secondary N) is 8. The number of nitrogens with zero attached hydrogens (tertiary/aromatic N) is 2. The number of hydrogen-bond acceptors (Lipinski definition) is 15. The van der Waals surface area contributed by atoms with Gasteiger partial charge in [-0.05, 0) is 68.5 Å². The number of benzene rings is 2. The fraction of sp³-hybridized carbons (Fsp3) is 0.479. The van der Waals surface area contributed by atoms with Crippen LogP contribution in [0.5, 0.6) is 5.75 Å². The molecule has 2 aliphatic rings. The molecule has 2 unspecified atom stereocenters. The summed E-state index contributed by atoms with van der Waals surface area (Å²) < 4.78 is 56.9. The average molecular weight is 1010 g/mol. The van der Waals surface area contributed by atoms with Crippen molar-refractivity contribution in [2.24, 2.45) is 0 Å². The molecule has 0 aliphatic carbocycles. The number of unbranched alkanes of at least 4 members (excludes halogenated alkanes) is 1. The number of aromatic nitrogens is 2. The lowest BCUT2D eigenvalue weighted by molar-refractivity contribution is -0.123. The normalized spacial score (nSPS) is 15.3.